The van der Waals surface area contributed by atoms with Crippen molar-refractivity contribution in [3.05, 3.63) is 78.1 Å². The summed E-state index contributed by atoms with van der Waals surface area (Å²) in [4.78, 5) is 22.9. The van der Waals surface area contributed by atoms with Crippen LogP contribution in [0.15, 0.2) is 67.0 Å². The number of amides is 2. The number of benzene rings is 2. The molecule has 3 N–H and O–H groups in total. The van der Waals surface area contributed by atoms with Crippen molar-refractivity contribution < 1.29 is 14.3 Å². The number of carbonyl (C=O) groups is 2. The molecule has 7 heteroatoms. The van der Waals surface area contributed by atoms with Gasteiger partial charge in [-0.3, -0.25) is 9.59 Å². The molecule has 0 fully saturated rings. The van der Waals surface area contributed by atoms with Gasteiger partial charge in [0.25, 0.3) is 11.8 Å². The second kappa shape index (κ2) is 7.98. The van der Waals surface area contributed by atoms with Crippen LogP contribution in [0.1, 0.15) is 15.9 Å². The zero-order chi connectivity index (χ0) is 18.4. The van der Waals surface area contributed by atoms with Gasteiger partial charge in [0.1, 0.15) is 5.75 Å². The standard InChI is InChI=1S/C19H18N4O3/c20-18(24)13-26-17-8-6-15(7-9-17)19(25)21-10-14-11-22-23(12-14)16-4-2-1-3-5-16/h1-9,11-12H,10,13H2,(H2,20,24)(H,21,25). The average Bonchev–Trinajstić information content (AvgIpc) is 3.14. The van der Waals surface area contributed by atoms with Gasteiger partial charge in [0.15, 0.2) is 6.61 Å². The van der Waals surface area contributed by atoms with Crippen LogP contribution in [0.3, 0.4) is 0 Å². The van der Waals surface area contributed by atoms with E-state index in [0.29, 0.717) is 17.9 Å². The van der Waals surface area contributed by atoms with Gasteiger partial charge in [0.2, 0.25) is 0 Å². The molecular formula is C19H18N4O3. The Balaban J connectivity index is 1.55. The zero-order valence-corrected chi connectivity index (χ0v) is 14.0. The van der Waals surface area contributed by atoms with E-state index in [1.54, 1.807) is 35.1 Å². The van der Waals surface area contributed by atoms with Gasteiger partial charge < -0.3 is 15.8 Å². The molecule has 0 radical (unpaired) electrons. The SMILES string of the molecule is NC(=O)COc1ccc(C(=O)NCc2cnn(-c3ccccc3)c2)cc1. The van der Waals surface area contributed by atoms with E-state index < -0.39 is 5.91 Å². The zero-order valence-electron chi connectivity index (χ0n) is 14.0. The molecule has 0 unspecified atom stereocenters. The van der Waals surface area contributed by atoms with Crippen LogP contribution in [-0.2, 0) is 11.3 Å². The van der Waals surface area contributed by atoms with Crippen molar-refractivity contribution in [2.24, 2.45) is 5.73 Å². The number of nitrogens with one attached hydrogen (secondary N) is 1. The minimum Gasteiger partial charge on any atom is -0.484 e. The van der Waals surface area contributed by atoms with Crippen LogP contribution < -0.4 is 15.8 Å². The monoisotopic (exact) mass is 350 g/mol. The second-order valence-electron chi connectivity index (χ2n) is 5.59. The predicted octanol–water partition coefficient (Wildman–Crippen LogP) is 1.67. The van der Waals surface area contributed by atoms with Gasteiger partial charge in [-0.1, -0.05) is 18.2 Å². The molecule has 26 heavy (non-hydrogen) atoms. The second-order valence-corrected chi connectivity index (χ2v) is 5.59. The Hall–Kier alpha value is -3.61. The Labute approximate surface area is 150 Å². The van der Waals surface area contributed by atoms with Crippen molar-refractivity contribution in [1.82, 2.24) is 15.1 Å². The van der Waals surface area contributed by atoms with Crippen LogP contribution in [0.5, 0.6) is 5.75 Å². The number of nitrogens with two attached hydrogens (primary N) is 1. The molecule has 3 aromatic rings. The summed E-state index contributed by atoms with van der Waals surface area (Å²) in [6.07, 6.45) is 3.59. The molecule has 132 valence electrons. The highest BCUT2D eigenvalue weighted by atomic mass is 16.5. The molecule has 0 aliphatic rings. The summed E-state index contributed by atoms with van der Waals surface area (Å²) in [7, 11) is 0. The van der Waals surface area contributed by atoms with Crippen LogP contribution in [-0.4, -0.2) is 28.2 Å². The van der Waals surface area contributed by atoms with Crippen LogP contribution in [0.25, 0.3) is 5.69 Å². The minimum atomic E-state index is -0.553. The highest BCUT2D eigenvalue weighted by molar-refractivity contribution is 5.94. The van der Waals surface area contributed by atoms with E-state index >= 15 is 0 Å². The number of rotatable bonds is 7. The summed E-state index contributed by atoms with van der Waals surface area (Å²) < 4.78 is 6.92. The van der Waals surface area contributed by atoms with E-state index in [1.165, 1.54) is 0 Å². The maximum atomic E-state index is 12.2. The lowest BCUT2D eigenvalue weighted by Gasteiger charge is -2.06. The van der Waals surface area contributed by atoms with Gasteiger partial charge in [-0.2, -0.15) is 5.10 Å². The first-order chi connectivity index (χ1) is 12.6. The summed E-state index contributed by atoms with van der Waals surface area (Å²) in [5, 5.41) is 7.14. The number of hydrogen-bond acceptors (Lipinski definition) is 4. The lowest BCUT2D eigenvalue weighted by Crippen LogP contribution is -2.22. The summed E-state index contributed by atoms with van der Waals surface area (Å²) in [6, 6.07) is 16.2. The van der Waals surface area contributed by atoms with Crippen molar-refractivity contribution in [3.63, 3.8) is 0 Å². The Morgan fingerprint density at radius 1 is 1.08 bits per heavy atom. The lowest BCUT2D eigenvalue weighted by molar-refractivity contribution is -0.119. The fourth-order valence-corrected chi connectivity index (χ4v) is 2.31. The topological polar surface area (TPSA) is 99.2 Å². The molecule has 1 aromatic heterocycles. The van der Waals surface area contributed by atoms with Crippen molar-refractivity contribution in [2.75, 3.05) is 6.61 Å². The third-order valence-electron chi connectivity index (χ3n) is 3.61. The normalized spacial score (nSPS) is 10.3. The third kappa shape index (κ3) is 4.47. The van der Waals surface area contributed by atoms with Gasteiger partial charge in [-0.25, -0.2) is 4.68 Å². The Bertz CT molecular complexity index is 889. The van der Waals surface area contributed by atoms with E-state index in [1.807, 2.05) is 36.5 Å². The molecule has 0 atom stereocenters. The van der Waals surface area contributed by atoms with Gasteiger partial charge >= 0.3 is 0 Å². The molecule has 0 aliphatic carbocycles. The maximum Gasteiger partial charge on any atom is 0.255 e. The fourth-order valence-electron chi connectivity index (χ4n) is 2.31. The molecule has 3 rings (SSSR count). The van der Waals surface area contributed by atoms with Crippen LogP contribution >= 0.6 is 0 Å². The van der Waals surface area contributed by atoms with Crippen molar-refractivity contribution in [1.29, 1.82) is 0 Å². The molecule has 0 saturated heterocycles. The Morgan fingerprint density at radius 3 is 2.50 bits per heavy atom. The molecule has 2 aromatic carbocycles. The van der Waals surface area contributed by atoms with Gasteiger partial charge in [0.05, 0.1) is 11.9 Å². The number of primary amides is 1. The third-order valence-corrected chi connectivity index (χ3v) is 3.61. The molecule has 0 bridgehead atoms. The van der Waals surface area contributed by atoms with E-state index in [-0.39, 0.29) is 12.5 Å². The van der Waals surface area contributed by atoms with E-state index in [0.717, 1.165) is 11.3 Å². The minimum absolute atomic E-state index is 0.197. The molecule has 0 spiro atoms. The van der Waals surface area contributed by atoms with Gasteiger partial charge in [-0.15, -0.1) is 0 Å². The largest absolute Gasteiger partial charge is 0.484 e. The van der Waals surface area contributed by atoms with Crippen LogP contribution in [0.4, 0.5) is 0 Å². The molecular weight excluding hydrogens is 332 g/mol. The number of carbonyl (C=O) groups excluding carboxylic acids is 2. The fraction of sp³-hybridized carbons (Fsp3) is 0.105. The average molecular weight is 350 g/mol. The lowest BCUT2D eigenvalue weighted by atomic mass is 10.2. The first kappa shape index (κ1) is 17.2. The quantitative estimate of drug-likeness (QED) is 0.677. The summed E-state index contributed by atoms with van der Waals surface area (Å²) >= 11 is 0. The van der Waals surface area contributed by atoms with E-state index in [9.17, 15) is 9.59 Å². The Kier molecular flexibility index (Phi) is 5.28. The van der Waals surface area contributed by atoms with Crippen LogP contribution in [0.2, 0.25) is 0 Å². The van der Waals surface area contributed by atoms with Crippen molar-refractivity contribution in [3.8, 4) is 11.4 Å². The summed E-state index contributed by atoms with van der Waals surface area (Å²) in [6.45, 7) is 0.169. The van der Waals surface area contributed by atoms with Gasteiger partial charge in [0, 0.05) is 23.9 Å². The molecule has 2 amide bonds. The van der Waals surface area contributed by atoms with Crippen molar-refractivity contribution in [2.45, 2.75) is 6.54 Å². The highest BCUT2D eigenvalue weighted by Crippen LogP contribution is 2.12. The highest BCUT2D eigenvalue weighted by Gasteiger charge is 2.07. The van der Waals surface area contributed by atoms with E-state index in [2.05, 4.69) is 10.4 Å². The molecule has 7 nitrogen and oxygen atoms in total. The Morgan fingerprint density at radius 2 is 1.81 bits per heavy atom. The molecule has 0 saturated carbocycles. The predicted molar refractivity (Wildman–Crippen MR) is 95.9 cm³/mol. The van der Waals surface area contributed by atoms with Gasteiger partial charge in [-0.05, 0) is 36.4 Å². The first-order valence-corrected chi connectivity index (χ1v) is 8.00. The van der Waals surface area contributed by atoms with Crippen LogP contribution in [0, 0.1) is 0 Å². The smallest absolute Gasteiger partial charge is 0.255 e. The number of aromatic nitrogens is 2. The maximum absolute atomic E-state index is 12.2. The van der Waals surface area contributed by atoms with Crippen molar-refractivity contribution >= 4 is 11.8 Å². The number of nitrogens with zero attached hydrogens (tertiary/aromatic N) is 2. The summed E-state index contributed by atoms with van der Waals surface area (Å²) in [5.74, 6) is -0.286. The number of ether oxygens (including phenoxy) is 1. The number of para-hydroxylation sites is 1. The molecule has 0 aliphatic heterocycles. The number of hydrogen-bond donors (Lipinski definition) is 2. The summed E-state index contributed by atoms with van der Waals surface area (Å²) in [5.41, 5.74) is 7.36. The molecule has 1 heterocycles. The van der Waals surface area contributed by atoms with E-state index in [4.69, 9.17) is 10.5 Å². The first-order valence-electron chi connectivity index (χ1n) is 8.00.